The summed E-state index contributed by atoms with van der Waals surface area (Å²) in [5, 5.41) is 2.08. The molecule has 70 valence electrons. The van der Waals surface area contributed by atoms with Crippen LogP contribution < -0.4 is 0 Å². The van der Waals surface area contributed by atoms with E-state index in [0.29, 0.717) is 0 Å². The summed E-state index contributed by atoms with van der Waals surface area (Å²) in [7, 11) is 0. The zero-order chi connectivity index (χ0) is 9.52. The van der Waals surface area contributed by atoms with Crippen molar-refractivity contribution in [3.63, 3.8) is 0 Å². The van der Waals surface area contributed by atoms with Gasteiger partial charge in [-0.2, -0.15) is 0 Å². The highest BCUT2D eigenvalue weighted by molar-refractivity contribution is 8.02. The van der Waals surface area contributed by atoms with E-state index in [1.54, 1.807) is 11.8 Å². The summed E-state index contributed by atoms with van der Waals surface area (Å²) in [6, 6.07) is 0. The lowest BCUT2D eigenvalue weighted by Gasteiger charge is -2.06. The van der Waals surface area contributed by atoms with Gasteiger partial charge >= 0.3 is 0 Å². The van der Waals surface area contributed by atoms with Crippen molar-refractivity contribution in [1.29, 1.82) is 0 Å². The molecule has 0 radical (unpaired) electrons. The molecule has 0 aromatic rings. The van der Waals surface area contributed by atoms with E-state index in [2.05, 4.69) is 42.3 Å². The zero-order valence-electron chi connectivity index (χ0n) is 7.99. The average Bonchev–Trinajstić information content (AvgIpc) is 2.21. The fourth-order valence-electron chi connectivity index (χ4n) is 1.16. The summed E-state index contributed by atoms with van der Waals surface area (Å²) >= 11 is 1.76. The van der Waals surface area contributed by atoms with Gasteiger partial charge in [0.05, 0.1) is 5.70 Å². The first-order valence-corrected chi connectivity index (χ1v) is 5.59. The molecule has 13 heavy (non-hydrogen) atoms. The Balaban J connectivity index is 2.70. The van der Waals surface area contributed by atoms with Crippen molar-refractivity contribution in [2.75, 3.05) is 5.75 Å². The van der Waals surface area contributed by atoms with Gasteiger partial charge < -0.3 is 0 Å². The van der Waals surface area contributed by atoms with Crippen LogP contribution >= 0.6 is 11.8 Å². The highest BCUT2D eigenvalue weighted by Crippen LogP contribution is 2.21. The fraction of sp³-hybridized carbons (Fsp3) is 0.364. The van der Waals surface area contributed by atoms with Crippen molar-refractivity contribution in [2.24, 2.45) is 4.99 Å². The largest absolute Gasteiger partial charge is 0.264 e. The van der Waals surface area contributed by atoms with E-state index in [-0.39, 0.29) is 0 Å². The number of hydrogen-bond donors (Lipinski definition) is 0. The number of nitrogens with zero attached hydrogens (tertiary/aromatic N) is 1. The van der Waals surface area contributed by atoms with Crippen LogP contribution in [0.2, 0.25) is 0 Å². The van der Waals surface area contributed by atoms with E-state index < -0.39 is 0 Å². The van der Waals surface area contributed by atoms with Gasteiger partial charge in [0.2, 0.25) is 0 Å². The molecule has 0 saturated carbocycles. The van der Waals surface area contributed by atoms with Crippen LogP contribution in [-0.2, 0) is 0 Å². The second-order valence-electron chi connectivity index (χ2n) is 2.76. The van der Waals surface area contributed by atoms with Crippen LogP contribution in [0.4, 0.5) is 0 Å². The molecule has 0 unspecified atom stereocenters. The smallest absolute Gasteiger partial charge is 0.0754 e. The van der Waals surface area contributed by atoms with Gasteiger partial charge in [0, 0.05) is 0 Å². The Morgan fingerprint density at radius 3 is 3.08 bits per heavy atom. The molecule has 1 aliphatic carbocycles. The van der Waals surface area contributed by atoms with Crippen molar-refractivity contribution in [1.82, 2.24) is 0 Å². The molecule has 0 amide bonds. The molecule has 0 N–H and O–H groups in total. The third-order valence-electron chi connectivity index (χ3n) is 1.82. The molecule has 0 spiro atoms. The Labute approximate surface area is 84.3 Å². The molecule has 1 nitrogen and oxygen atoms in total. The molecular weight excluding hydrogens is 178 g/mol. The summed E-state index contributed by atoms with van der Waals surface area (Å²) in [5.74, 6) is 1.08. The topological polar surface area (TPSA) is 12.4 Å². The molecule has 0 atom stereocenters. The molecule has 0 aliphatic heterocycles. The normalized spacial score (nSPS) is 17.0. The van der Waals surface area contributed by atoms with Gasteiger partial charge in [0.25, 0.3) is 0 Å². The summed E-state index contributed by atoms with van der Waals surface area (Å²) in [4.78, 5) is 4.02. The second kappa shape index (κ2) is 5.81. The number of hydrogen-bond acceptors (Lipinski definition) is 2. The van der Waals surface area contributed by atoms with Crippen molar-refractivity contribution < 1.29 is 0 Å². The molecule has 0 bridgehead atoms. The molecule has 0 aromatic carbocycles. The molecule has 0 aromatic heterocycles. The van der Waals surface area contributed by atoms with Gasteiger partial charge in [-0.1, -0.05) is 25.2 Å². The molecule has 1 aliphatic rings. The van der Waals surface area contributed by atoms with Crippen molar-refractivity contribution >= 4 is 18.5 Å². The average molecular weight is 193 g/mol. The van der Waals surface area contributed by atoms with E-state index in [0.717, 1.165) is 24.3 Å². The van der Waals surface area contributed by atoms with E-state index in [1.165, 1.54) is 5.57 Å². The van der Waals surface area contributed by atoms with E-state index >= 15 is 0 Å². The van der Waals surface area contributed by atoms with Crippen molar-refractivity contribution in [3.8, 4) is 0 Å². The molecule has 2 heteroatoms. The van der Waals surface area contributed by atoms with E-state index in [1.807, 2.05) is 0 Å². The summed E-state index contributed by atoms with van der Waals surface area (Å²) < 4.78 is 0. The number of thioether (sulfide) groups is 1. The Bertz CT molecular complexity index is 261. The fourth-order valence-corrected chi connectivity index (χ4v) is 1.70. The number of allylic oxidation sites excluding steroid dienone is 3. The predicted octanol–water partition coefficient (Wildman–Crippen LogP) is 3.56. The Kier molecular flexibility index (Phi) is 4.61. The van der Waals surface area contributed by atoms with Crippen molar-refractivity contribution in [3.05, 3.63) is 34.9 Å². The van der Waals surface area contributed by atoms with Gasteiger partial charge in [-0.05, 0) is 36.3 Å². The molecule has 0 fully saturated rings. The minimum absolute atomic E-state index is 1.00. The van der Waals surface area contributed by atoms with Crippen LogP contribution in [0, 0.1) is 0 Å². The molecule has 1 rings (SSSR count). The van der Waals surface area contributed by atoms with Crippen LogP contribution in [0.1, 0.15) is 19.8 Å². The standard InChI is InChI=1S/C11H15NS/c1-3-13-9-11(12-2)10-7-5-4-6-8-10/h5,7-9H,2-4,6H2,1H3/b11-9-. The predicted molar refractivity (Wildman–Crippen MR) is 62.2 cm³/mol. The lowest BCUT2D eigenvalue weighted by atomic mass is 10.1. The highest BCUT2D eigenvalue weighted by atomic mass is 32.2. The van der Waals surface area contributed by atoms with E-state index in [9.17, 15) is 0 Å². The van der Waals surface area contributed by atoms with Crippen LogP contribution in [0.25, 0.3) is 0 Å². The van der Waals surface area contributed by atoms with Gasteiger partial charge in [-0.15, -0.1) is 11.8 Å². The molecular formula is C11H15NS. The first kappa shape index (κ1) is 10.3. The third kappa shape index (κ3) is 3.23. The Hall–Kier alpha value is -0.760. The quantitative estimate of drug-likeness (QED) is 0.622. The maximum atomic E-state index is 4.02. The molecule has 0 heterocycles. The lowest BCUT2D eigenvalue weighted by molar-refractivity contribution is 1.02. The third-order valence-corrected chi connectivity index (χ3v) is 2.55. The van der Waals surface area contributed by atoms with Gasteiger partial charge in [0.1, 0.15) is 0 Å². The number of aliphatic imine (C=N–C) groups is 1. The highest BCUT2D eigenvalue weighted by Gasteiger charge is 2.01. The monoisotopic (exact) mass is 193 g/mol. The van der Waals surface area contributed by atoms with Gasteiger partial charge in [0.15, 0.2) is 0 Å². The second-order valence-corrected chi connectivity index (χ2v) is 3.90. The number of rotatable bonds is 4. The maximum absolute atomic E-state index is 4.02. The maximum Gasteiger partial charge on any atom is 0.0754 e. The SMILES string of the molecule is C=N/C(=C\SCC)C1=CCCC=C1. The zero-order valence-corrected chi connectivity index (χ0v) is 8.81. The van der Waals surface area contributed by atoms with Crippen LogP contribution in [0.5, 0.6) is 0 Å². The lowest BCUT2D eigenvalue weighted by Crippen LogP contribution is -1.87. The van der Waals surface area contributed by atoms with Gasteiger partial charge in [-0.3, -0.25) is 4.99 Å². The summed E-state index contributed by atoms with van der Waals surface area (Å²) in [6.45, 7) is 5.71. The van der Waals surface area contributed by atoms with Gasteiger partial charge in [-0.25, -0.2) is 0 Å². The summed E-state index contributed by atoms with van der Waals surface area (Å²) in [6.07, 6.45) is 8.80. The van der Waals surface area contributed by atoms with Crippen LogP contribution in [-0.4, -0.2) is 12.5 Å². The van der Waals surface area contributed by atoms with Crippen molar-refractivity contribution in [2.45, 2.75) is 19.8 Å². The minimum Gasteiger partial charge on any atom is -0.264 e. The molecule has 0 saturated heterocycles. The summed E-state index contributed by atoms with van der Waals surface area (Å²) in [5.41, 5.74) is 2.21. The van der Waals surface area contributed by atoms with Crippen LogP contribution in [0.3, 0.4) is 0 Å². The first-order chi connectivity index (χ1) is 6.38. The Morgan fingerprint density at radius 1 is 1.69 bits per heavy atom. The first-order valence-electron chi connectivity index (χ1n) is 4.54. The van der Waals surface area contributed by atoms with E-state index in [4.69, 9.17) is 0 Å². The Morgan fingerprint density at radius 2 is 2.54 bits per heavy atom. The minimum atomic E-state index is 1.00. The van der Waals surface area contributed by atoms with Crippen LogP contribution in [0.15, 0.2) is 39.9 Å².